The maximum Gasteiger partial charge on any atom is 0.216 e. The molecule has 0 saturated heterocycles. The Morgan fingerprint density at radius 1 is 1.05 bits per heavy atom. The van der Waals surface area contributed by atoms with Crippen LogP contribution in [-0.2, 0) is 9.84 Å². The lowest BCUT2D eigenvalue weighted by Gasteiger charge is -2.09. The van der Waals surface area contributed by atoms with Crippen molar-refractivity contribution in [2.45, 2.75) is 25.7 Å². The third-order valence-corrected chi connectivity index (χ3v) is 5.15. The summed E-state index contributed by atoms with van der Waals surface area (Å²) in [7, 11) is -3.79. The highest BCUT2D eigenvalue weighted by Gasteiger charge is 2.21. The minimum absolute atomic E-state index is 0.130. The number of nitriles is 1. The second kappa shape index (κ2) is 6.17. The summed E-state index contributed by atoms with van der Waals surface area (Å²) in [6.45, 7) is 5.81. The molecule has 0 heterocycles. The molecular weight excluding hydrogens is 294 g/mol. The Kier molecular flexibility index (Phi) is 4.48. The van der Waals surface area contributed by atoms with E-state index in [-0.39, 0.29) is 9.80 Å². The van der Waals surface area contributed by atoms with Crippen LogP contribution in [0.1, 0.15) is 22.3 Å². The van der Waals surface area contributed by atoms with Gasteiger partial charge in [0.1, 0.15) is 11.0 Å². The third-order valence-electron chi connectivity index (χ3n) is 3.47. The molecule has 22 heavy (non-hydrogen) atoms. The van der Waals surface area contributed by atoms with E-state index in [1.165, 1.54) is 18.2 Å². The zero-order valence-electron chi connectivity index (χ0n) is 12.8. The number of rotatable bonds is 3. The van der Waals surface area contributed by atoms with Gasteiger partial charge < -0.3 is 0 Å². The number of hydrogen-bond acceptors (Lipinski definition) is 3. The van der Waals surface area contributed by atoms with Gasteiger partial charge in [-0.05, 0) is 55.7 Å². The van der Waals surface area contributed by atoms with E-state index in [9.17, 15) is 13.7 Å². The Hall–Kier alpha value is -2.38. The van der Waals surface area contributed by atoms with E-state index in [0.29, 0.717) is 0 Å². The van der Waals surface area contributed by atoms with Gasteiger partial charge in [0, 0.05) is 0 Å². The highest BCUT2D eigenvalue weighted by Crippen LogP contribution is 2.24. The van der Waals surface area contributed by atoms with Gasteiger partial charge in [-0.25, -0.2) is 8.42 Å². The maximum atomic E-state index is 12.6. The first-order chi connectivity index (χ1) is 10.4. The molecule has 0 N–H and O–H groups in total. The monoisotopic (exact) mass is 311 g/mol. The Labute approximate surface area is 131 Å². The van der Waals surface area contributed by atoms with Crippen LogP contribution < -0.4 is 0 Å². The average molecular weight is 311 g/mol. The lowest BCUT2D eigenvalue weighted by molar-refractivity contribution is 0.603. The zero-order valence-corrected chi connectivity index (χ0v) is 13.6. The first kappa shape index (κ1) is 16.0. The molecule has 2 aromatic rings. The molecule has 4 heteroatoms. The van der Waals surface area contributed by atoms with Crippen LogP contribution in [0.2, 0.25) is 0 Å². The summed E-state index contributed by atoms with van der Waals surface area (Å²) in [6.07, 6.45) is 1.46. The van der Waals surface area contributed by atoms with Crippen LogP contribution in [0.25, 0.3) is 6.08 Å². The number of nitrogens with zero attached hydrogens (tertiary/aromatic N) is 1. The molecule has 0 aliphatic heterocycles. The maximum absolute atomic E-state index is 12.6. The number of hydrogen-bond donors (Lipinski definition) is 0. The molecule has 0 aliphatic carbocycles. The van der Waals surface area contributed by atoms with Crippen molar-refractivity contribution in [1.82, 2.24) is 0 Å². The molecule has 0 aromatic heterocycles. The zero-order chi connectivity index (χ0) is 16.3. The van der Waals surface area contributed by atoms with E-state index in [1.54, 1.807) is 18.2 Å². The molecule has 0 spiro atoms. The van der Waals surface area contributed by atoms with Gasteiger partial charge in [-0.2, -0.15) is 5.26 Å². The van der Waals surface area contributed by atoms with E-state index in [4.69, 9.17) is 0 Å². The second-order valence-corrected chi connectivity index (χ2v) is 7.17. The van der Waals surface area contributed by atoms with E-state index in [1.807, 2.05) is 39.0 Å². The Morgan fingerprint density at radius 2 is 1.59 bits per heavy atom. The average Bonchev–Trinajstić information content (AvgIpc) is 2.47. The summed E-state index contributed by atoms with van der Waals surface area (Å²) in [5.41, 5.74) is 3.79. The van der Waals surface area contributed by atoms with Crippen LogP contribution in [0.4, 0.5) is 0 Å². The molecule has 0 amide bonds. The lowest BCUT2D eigenvalue weighted by atomic mass is 9.99. The quantitative estimate of drug-likeness (QED) is 0.806. The number of allylic oxidation sites excluding steroid dienone is 1. The summed E-state index contributed by atoms with van der Waals surface area (Å²) in [6, 6.07) is 13.8. The van der Waals surface area contributed by atoms with Gasteiger partial charge in [0.15, 0.2) is 0 Å². The predicted octanol–water partition coefficient (Wildman–Crippen LogP) is 3.95. The highest BCUT2D eigenvalue weighted by molar-refractivity contribution is 7.95. The van der Waals surface area contributed by atoms with Crippen molar-refractivity contribution in [3.8, 4) is 6.07 Å². The van der Waals surface area contributed by atoms with Crippen molar-refractivity contribution in [3.05, 3.63) is 69.6 Å². The van der Waals surface area contributed by atoms with E-state index >= 15 is 0 Å². The molecule has 0 atom stereocenters. The minimum Gasteiger partial charge on any atom is -0.218 e. The summed E-state index contributed by atoms with van der Waals surface area (Å²) in [5.74, 6) is 0. The molecule has 2 aromatic carbocycles. The van der Waals surface area contributed by atoms with Crippen molar-refractivity contribution < 1.29 is 8.42 Å². The summed E-state index contributed by atoms with van der Waals surface area (Å²) in [4.78, 5) is -0.112. The normalized spacial score (nSPS) is 12.0. The van der Waals surface area contributed by atoms with Crippen molar-refractivity contribution in [3.63, 3.8) is 0 Å². The first-order valence-corrected chi connectivity index (χ1v) is 8.34. The fourth-order valence-electron chi connectivity index (χ4n) is 2.45. The molecular formula is C18H17NO2S. The standard InChI is InChI=1S/C18H17NO2S/c1-13-9-14(2)18(15(3)10-13)11-17(12-19)22(20,21)16-7-5-4-6-8-16/h4-11H,1-3H3/b17-11+. The molecule has 3 nitrogen and oxygen atoms in total. The molecule has 0 unspecified atom stereocenters. The van der Waals surface area contributed by atoms with Crippen LogP contribution in [0.5, 0.6) is 0 Å². The van der Waals surface area contributed by atoms with Gasteiger partial charge in [0.05, 0.1) is 4.90 Å². The molecule has 0 aliphatic rings. The van der Waals surface area contributed by atoms with Gasteiger partial charge >= 0.3 is 0 Å². The summed E-state index contributed by atoms with van der Waals surface area (Å²) < 4.78 is 25.1. The number of benzene rings is 2. The fraction of sp³-hybridized carbons (Fsp3) is 0.167. The fourth-order valence-corrected chi connectivity index (χ4v) is 3.61. The molecule has 0 bridgehead atoms. The smallest absolute Gasteiger partial charge is 0.216 e. The topological polar surface area (TPSA) is 57.9 Å². The SMILES string of the molecule is Cc1cc(C)c(/C=C(\C#N)S(=O)(=O)c2ccccc2)c(C)c1. The van der Waals surface area contributed by atoms with Crippen LogP contribution in [-0.4, -0.2) is 8.42 Å². The second-order valence-electron chi connectivity index (χ2n) is 5.25. The third kappa shape index (κ3) is 3.10. The minimum atomic E-state index is -3.79. The van der Waals surface area contributed by atoms with Gasteiger partial charge in [-0.3, -0.25) is 0 Å². The predicted molar refractivity (Wildman–Crippen MR) is 87.9 cm³/mol. The highest BCUT2D eigenvalue weighted by atomic mass is 32.2. The molecule has 2 rings (SSSR count). The first-order valence-electron chi connectivity index (χ1n) is 6.86. The Bertz CT molecular complexity index is 850. The lowest BCUT2D eigenvalue weighted by Crippen LogP contribution is -2.04. The van der Waals surface area contributed by atoms with E-state index in [0.717, 1.165) is 22.3 Å². The van der Waals surface area contributed by atoms with Crippen LogP contribution >= 0.6 is 0 Å². The Balaban J connectivity index is 2.62. The number of sulfone groups is 1. The molecule has 0 radical (unpaired) electrons. The van der Waals surface area contributed by atoms with Gasteiger partial charge in [-0.15, -0.1) is 0 Å². The molecule has 0 fully saturated rings. The largest absolute Gasteiger partial charge is 0.218 e. The van der Waals surface area contributed by atoms with Gasteiger partial charge in [0.25, 0.3) is 0 Å². The van der Waals surface area contributed by atoms with Crippen LogP contribution in [0.15, 0.2) is 52.3 Å². The number of aryl methyl sites for hydroxylation is 3. The van der Waals surface area contributed by atoms with Crippen LogP contribution in [0.3, 0.4) is 0 Å². The van der Waals surface area contributed by atoms with E-state index in [2.05, 4.69) is 0 Å². The molecule has 0 saturated carbocycles. The molecule has 112 valence electrons. The van der Waals surface area contributed by atoms with Gasteiger partial charge in [-0.1, -0.05) is 35.9 Å². The van der Waals surface area contributed by atoms with E-state index < -0.39 is 9.84 Å². The summed E-state index contributed by atoms with van der Waals surface area (Å²) >= 11 is 0. The van der Waals surface area contributed by atoms with Gasteiger partial charge in [0.2, 0.25) is 9.84 Å². The van der Waals surface area contributed by atoms with Crippen molar-refractivity contribution >= 4 is 15.9 Å². The van der Waals surface area contributed by atoms with Crippen molar-refractivity contribution in [2.24, 2.45) is 0 Å². The van der Waals surface area contributed by atoms with Crippen molar-refractivity contribution in [2.75, 3.05) is 0 Å². The Morgan fingerprint density at radius 3 is 2.09 bits per heavy atom. The van der Waals surface area contributed by atoms with Crippen LogP contribution in [0, 0.1) is 32.1 Å². The van der Waals surface area contributed by atoms with Crippen molar-refractivity contribution in [1.29, 1.82) is 5.26 Å². The summed E-state index contributed by atoms with van der Waals surface area (Å²) in [5, 5.41) is 9.32.